The Morgan fingerprint density at radius 3 is 2.57 bits per heavy atom. The predicted molar refractivity (Wildman–Crippen MR) is 87.4 cm³/mol. The summed E-state index contributed by atoms with van der Waals surface area (Å²) in [5.41, 5.74) is 2.22. The van der Waals surface area contributed by atoms with Crippen molar-refractivity contribution in [3.8, 4) is 0 Å². The Morgan fingerprint density at radius 2 is 1.95 bits per heavy atom. The van der Waals surface area contributed by atoms with Crippen molar-refractivity contribution in [2.45, 2.75) is 0 Å². The van der Waals surface area contributed by atoms with Crippen LogP contribution in [0.25, 0.3) is 0 Å². The highest BCUT2D eigenvalue weighted by Gasteiger charge is 2.14. The van der Waals surface area contributed by atoms with Gasteiger partial charge in [-0.25, -0.2) is 0 Å². The molecule has 108 valence electrons. The van der Waals surface area contributed by atoms with Crippen LogP contribution in [-0.2, 0) is 4.79 Å². The van der Waals surface area contributed by atoms with E-state index in [2.05, 4.69) is 26.4 Å². The van der Waals surface area contributed by atoms with Crippen LogP contribution in [0.1, 0.15) is 11.1 Å². The Hall–Kier alpha value is -1.85. The molecule has 0 aliphatic carbocycles. The number of oxime groups is 1. The molecule has 0 aliphatic heterocycles. The molecule has 0 heterocycles. The van der Waals surface area contributed by atoms with E-state index in [9.17, 15) is 10.0 Å². The molecule has 2 aromatic rings. The molecule has 0 spiro atoms. The quantitative estimate of drug-likeness (QED) is 0.373. The molecule has 0 saturated heterocycles. The zero-order chi connectivity index (χ0) is 15.2. The second-order valence-electron chi connectivity index (χ2n) is 4.19. The number of anilines is 1. The molecule has 0 aromatic heterocycles. The van der Waals surface area contributed by atoms with Crippen molar-refractivity contribution in [2.75, 3.05) is 11.2 Å². The third-order valence-electron chi connectivity index (χ3n) is 2.78. The fraction of sp³-hybridized carbons (Fsp3) is 0.0667. The second-order valence-corrected chi connectivity index (χ2v) is 5.37. The molecular formula is C15H12BrClN2O2. The Balaban J connectivity index is 2.50. The van der Waals surface area contributed by atoms with Gasteiger partial charge in [0.2, 0.25) is 5.91 Å². The van der Waals surface area contributed by atoms with E-state index in [0.29, 0.717) is 17.0 Å². The van der Waals surface area contributed by atoms with Crippen molar-refractivity contribution in [1.29, 1.82) is 0 Å². The molecule has 0 atom stereocenters. The zero-order valence-corrected chi connectivity index (χ0v) is 13.2. The van der Waals surface area contributed by atoms with Crippen molar-refractivity contribution in [3.05, 3.63) is 64.1 Å². The van der Waals surface area contributed by atoms with E-state index in [0.717, 1.165) is 10.0 Å². The largest absolute Gasteiger partial charge is 0.410 e. The molecule has 1 amide bonds. The van der Waals surface area contributed by atoms with E-state index in [4.69, 9.17) is 11.6 Å². The van der Waals surface area contributed by atoms with Crippen LogP contribution in [0.3, 0.4) is 0 Å². The molecule has 0 radical (unpaired) electrons. The molecule has 0 aliphatic rings. The molecule has 6 heteroatoms. The van der Waals surface area contributed by atoms with Gasteiger partial charge in [-0.2, -0.15) is 0 Å². The normalized spacial score (nSPS) is 11.2. The molecule has 2 rings (SSSR count). The monoisotopic (exact) mass is 366 g/mol. The van der Waals surface area contributed by atoms with E-state index < -0.39 is 0 Å². The topological polar surface area (TPSA) is 61.7 Å². The Labute approximate surface area is 135 Å². The summed E-state index contributed by atoms with van der Waals surface area (Å²) in [6.45, 7) is 0. The summed E-state index contributed by atoms with van der Waals surface area (Å²) in [7, 11) is 0. The average molecular weight is 368 g/mol. The number of alkyl halides is 1. The summed E-state index contributed by atoms with van der Waals surface area (Å²) in [6.07, 6.45) is 0. The molecular weight excluding hydrogens is 356 g/mol. The summed E-state index contributed by atoms with van der Waals surface area (Å²) in [4.78, 5) is 11.5. The Morgan fingerprint density at radius 1 is 1.24 bits per heavy atom. The van der Waals surface area contributed by atoms with E-state index in [1.165, 1.54) is 0 Å². The highest BCUT2D eigenvalue weighted by atomic mass is 79.9. The van der Waals surface area contributed by atoms with Gasteiger partial charge in [-0.15, -0.1) is 11.6 Å². The smallest absolute Gasteiger partial charge is 0.239 e. The third-order valence-corrected chi connectivity index (χ3v) is 3.52. The van der Waals surface area contributed by atoms with E-state index >= 15 is 0 Å². The fourth-order valence-corrected chi connectivity index (χ4v) is 2.30. The Bertz CT molecular complexity index is 675. The van der Waals surface area contributed by atoms with Gasteiger partial charge in [0.15, 0.2) is 0 Å². The van der Waals surface area contributed by atoms with Gasteiger partial charge in [0.25, 0.3) is 0 Å². The lowest BCUT2D eigenvalue weighted by Crippen LogP contribution is -2.16. The minimum absolute atomic E-state index is 0.146. The number of hydrogen-bond acceptors (Lipinski definition) is 3. The summed E-state index contributed by atoms with van der Waals surface area (Å²) in [5, 5.41) is 15.4. The SMILES string of the molecule is O=C(CCl)Nc1ccc(Br)cc1/C(=N\O)c1ccccc1. The van der Waals surface area contributed by atoms with Crippen LogP contribution < -0.4 is 5.32 Å². The first kappa shape index (κ1) is 15.5. The van der Waals surface area contributed by atoms with Crippen molar-refractivity contribution in [2.24, 2.45) is 5.16 Å². The van der Waals surface area contributed by atoms with Crippen LogP contribution in [0.15, 0.2) is 58.2 Å². The van der Waals surface area contributed by atoms with Crippen LogP contribution in [0.2, 0.25) is 0 Å². The minimum atomic E-state index is -0.328. The maximum atomic E-state index is 11.5. The van der Waals surface area contributed by atoms with Crippen LogP contribution >= 0.6 is 27.5 Å². The first-order valence-electron chi connectivity index (χ1n) is 6.09. The third kappa shape index (κ3) is 3.83. The average Bonchev–Trinajstić information content (AvgIpc) is 2.51. The lowest BCUT2D eigenvalue weighted by Gasteiger charge is -2.12. The molecule has 0 unspecified atom stereocenters. The first-order chi connectivity index (χ1) is 10.2. The lowest BCUT2D eigenvalue weighted by atomic mass is 10.0. The lowest BCUT2D eigenvalue weighted by molar-refractivity contribution is -0.113. The number of amides is 1. The molecule has 4 nitrogen and oxygen atoms in total. The number of nitrogens with zero attached hydrogens (tertiary/aromatic N) is 1. The van der Waals surface area contributed by atoms with Crippen molar-refractivity contribution < 1.29 is 10.0 Å². The summed E-state index contributed by atoms with van der Waals surface area (Å²) >= 11 is 8.89. The maximum absolute atomic E-state index is 11.5. The number of carbonyl (C=O) groups excluding carboxylic acids is 1. The molecule has 0 bridgehead atoms. The fourth-order valence-electron chi connectivity index (χ4n) is 1.87. The van der Waals surface area contributed by atoms with Crippen LogP contribution in [0.5, 0.6) is 0 Å². The molecule has 0 fully saturated rings. The summed E-state index contributed by atoms with van der Waals surface area (Å²) < 4.78 is 0.804. The summed E-state index contributed by atoms with van der Waals surface area (Å²) in [6, 6.07) is 14.5. The Kier molecular flexibility index (Phi) is 5.36. The molecule has 2 aromatic carbocycles. The molecule has 0 saturated carbocycles. The van der Waals surface area contributed by atoms with Gasteiger partial charge in [0, 0.05) is 15.6 Å². The van der Waals surface area contributed by atoms with E-state index in [1.54, 1.807) is 18.2 Å². The highest BCUT2D eigenvalue weighted by molar-refractivity contribution is 9.10. The van der Waals surface area contributed by atoms with Gasteiger partial charge in [-0.05, 0) is 18.2 Å². The number of rotatable bonds is 4. The zero-order valence-electron chi connectivity index (χ0n) is 10.9. The van der Waals surface area contributed by atoms with Crippen molar-refractivity contribution in [3.63, 3.8) is 0 Å². The van der Waals surface area contributed by atoms with Crippen molar-refractivity contribution >= 4 is 44.8 Å². The molecule has 2 N–H and O–H groups in total. The summed E-state index contributed by atoms with van der Waals surface area (Å²) in [5.74, 6) is -0.475. The van der Waals surface area contributed by atoms with Crippen LogP contribution in [0.4, 0.5) is 5.69 Å². The first-order valence-corrected chi connectivity index (χ1v) is 7.41. The van der Waals surface area contributed by atoms with E-state index in [1.807, 2.05) is 30.3 Å². The number of nitrogens with one attached hydrogen (secondary N) is 1. The van der Waals surface area contributed by atoms with Gasteiger partial charge >= 0.3 is 0 Å². The van der Waals surface area contributed by atoms with Crippen molar-refractivity contribution in [1.82, 2.24) is 0 Å². The van der Waals surface area contributed by atoms with Gasteiger partial charge in [0.1, 0.15) is 11.6 Å². The highest BCUT2D eigenvalue weighted by Crippen LogP contribution is 2.24. The number of hydrogen-bond donors (Lipinski definition) is 2. The van der Waals surface area contributed by atoms with Crippen LogP contribution in [0, 0.1) is 0 Å². The van der Waals surface area contributed by atoms with Gasteiger partial charge in [-0.1, -0.05) is 51.4 Å². The van der Waals surface area contributed by atoms with Gasteiger partial charge < -0.3 is 10.5 Å². The van der Waals surface area contributed by atoms with Gasteiger partial charge in [0.05, 0.1) is 5.69 Å². The molecule has 21 heavy (non-hydrogen) atoms. The number of carbonyl (C=O) groups is 1. The predicted octanol–water partition coefficient (Wildman–Crippen LogP) is 3.85. The standard InChI is InChI=1S/C15H12BrClN2O2/c16-11-6-7-13(18-14(20)9-17)12(8-11)15(19-21)10-4-2-1-3-5-10/h1-8,21H,9H2,(H,18,20)/b19-15-. The number of benzene rings is 2. The second kappa shape index (κ2) is 7.24. The minimum Gasteiger partial charge on any atom is -0.410 e. The maximum Gasteiger partial charge on any atom is 0.239 e. The van der Waals surface area contributed by atoms with Gasteiger partial charge in [-0.3, -0.25) is 4.79 Å². The number of halogens is 2. The van der Waals surface area contributed by atoms with Crippen LogP contribution in [-0.4, -0.2) is 22.7 Å². The van der Waals surface area contributed by atoms with E-state index in [-0.39, 0.29) is 11.8 Å².